The summed E-state index contributed by atoms with van der Waals surface area (Å²) in [6.07, 6.45) is 1.77. The normalized spacial score (nSPS) is 25.2. The number of rotatable bonds is 4. The molecule has 1 fully saturated rings. The average Bonchev–Trinajstić information content (AvgIpc) is 2.58. The van der Waals surface area contributed by atoms with E-state index in [1.54, 1.807) is 0 Å². The van der Waals surface area contributed by atoms with Crippen molar-refractivity contribution in [2.24, 2.45) is 23.0 Å². The molecule has 3 atom stereocenters. The molecule has 0 aromatic heterocycles. The van der Waals surface area contributed by atoms with Gasteiger partial charge in [-0.15, -0.1) is 0 Å². The van der Waals surface area contributed by atoms with Crippen molar-refractivity contribution >= 4 is 5.91 Å². The van der Waals surface area contributed by atoms with Gasteiger partial charge in [0, 0.05) is 25.6 Å². The van der Waals surface area contributed by atoms with Crippen LogP contribution in [-0.2, 0) is 4.79 Å². The third-order valence-corrected chi connectivity index (χ3v) is 4.25. The third kappa shape index (κ3) is 3.70. The number of amides is 1. The van der Waals surface area contributed by atoms with Crippen molar-refractivity contribution in [3.63, 3.8) is 0 Å². The highest BCUT2D eigenvalue weighted by Gasteiger charge is 2.37. The van der Waals surface area contributed by atoms with Gasteiger partial charge >= 0.3 is 0 Å². The van der Waals surface area contributed by atoms with Crippen molar-refractivity contribution in [3.8, 4) is 0 Å². The Bertz CT molecular complexity index is 270. The molecule has 2 N–H and O–H groups in total. The molecule has 0 radical (unpaired) electrons. The highest BCUT2D eigenvalue weighted by atomic mass is 16.2. The van der Waals surface area contributed by atoms with Crippen LogP contribution >= 0.6 is 0 Å². The second-order valence-electron chi connectivity index (χ2n) is 6.62. The summed E-state index contributed by atoms with van der Waals surface area (Å²) in [6.45, 7) is 12.5. The Morgan fingerprint density at radius 3 is 2.47 bits per heavy atom. The van der Waals surface area contributed by atoms with E-state index in [1.165, 1.54) is 0 Å². The maximum absolute atomic E-state index is 11.9. The van der Waals surface area contributed by atoms with Crippen LogP contribution in [0.1, 0.15) is 47.5 Å². The van der Waals surface area contributed by atoms with Gasteiger partial charge in [-0.1, -0.05) is 41.0 Å². The van der Waals surface area contributed by atoms with E-state index in [1.807, 2.05) is 4.90 Å². The number of likely N-dealkylation sites (tertiary alicyclic amines) is 1. The molecule has 3 heteroatoms. The monoisotopic (exact) mass is 240 g/mol. The highest BCUT2D eigenvalue weighted by Crippen LogP contribution is 2.34. The molecule has 0 spiro atoms. The second kappa shape index (κ2) is 5.38. The van der Waals surface area contributed by atoms with Gasteiger partial charge in [-0.3, -0.25) is 4.79 Å². The first-order valence-corrected chi connectivity index (χ1v) is 6.79. The second-order valence-corrected chi connectivity index (χ2v) is 6.62. The molecule has 1 amide bonds. The summed E-state index contributed by atoms with van der Waals surface area (Å²) in [7, 11) is 0. The summed E-state index contributed by atoms with van der Waals surface area (Å²) in [5, 5.41) is 0. The summed E-state index contributed by atoms with van der Waals surface area (Å²) in [6, 6.07) is 0.114. The predicted octanol–water partition coefficient (Wildman–Crippen LogP) is 2.25. The number of nitrogens with zero attached hydrogens (tertiary/aromatic N) is 1. The van der Waals surface area contributed by atoms with Crippen molar-refractivity contribution in [3.05, 3.63) is 0 Å². The van der Waals surface area contributed by atoms with Crippen LogP contribution in [0.3, 0.4) is 0 Å². The van der Waals surface area contributed by atoms with Gasteiger partial charge in [0.15, 0.2) is 0 Å². The van der Waals surface area contributed by atoms with E-state index in [-0.39, 0.29) is 17.4 Å². The fraction of sp³-hybridized carbons (Fsp3) is 0.929. The number of carbonyl (C=O) groups excluding carboxylic acids is 1. The Balaban J connectivity index is 2.54. The van der Waals surface area contributed by atoms with Gasteiger partial charge in [0.2, 0.25) is 5.91 Å². The fourth-order valence-corrected chi connectivity index (χ4v) is 2.27. The minimum Gasteiger partial charge on any atom is -0.341 e. The van der Waals surface area contributed by atoms with Crippen LogP contribution in [0.5, 0.6) is 0 Å². The van der Waals surface area contributed by atoms with Crippen molar-refractivity contribution in [2.75, 3.05) is 13.1 Å². The first kappa shape index (κ1) is 14.5. The largest absolute Gasteiger partial charge is 0.341 e. The number of hydrogen-bond donors (Lipinski definition) is 1. The summed E-state index contributed by atoms with van der Waals surface area (Å²) >= 11 is 0. The topological polar surface area (TPSA) is 46.3 Å². The summed E-state index contributed by atoms with van der Waals surface area (Å²) in [4.78, 5) is 13.9. The smallest absolute Gasteiger partial charge is 0.222 e. The van der Waals surface area contributed by atoms with Gasteiger partial charge in [-0.25, -0.2) is 0 Å². The van der Waals surface area contributed by atoms with Crippen molar-refractivity contribution < 1.29 is 4.79 Å². The molecule has 3 nitrogen and oxygen atoms in total. The molecule has 100 valence electrons. The Hall–Kier alpha value is -0.570. The zero-order valence-electron chi connectivity index (χ0n) is 12.0. The summed E-state index contributed by atoms with van der Waals surface area (Å²) in [5.41, 5.74) is 6.34. The van der Waals surface area contributed by atoms with Gasteiger partial charge in [0.25, 0.3) is 0 Å². The lowest BCUT2D eigenvalue weighted by atomic mass is 9.80. The highest BCUT2D eigenvalue weighted by molar-refractivity contribution is 5.78. The quantitative estimate of drug-likeness (QED) is 0.819. The Kier molecular flexibility index (Phi) is 4.59. The van der Waals surface area contributed by atoms with Crippen molar-refractivity contribution in [1.29, 1.82) is 0 Å². The van der Waals surface area contributed by atoms with Crippen LogP contribution < -0.4 is 5.73 Å². The Morgan fingerprint density at radius 2 is 2.06 bits per heavy atom. The van der Waals surface area contributed by atoms with Gasteiger partial charge in [0.1, 0.15) is 0 Å². The van der Waals surface area contributed by atoms with Gasteiger partial charge in [-0.2, -0.15) is 0 Å². The lowest BCUT2D eigenvalue weighted by molar-refractivity contribution is -0.128. The molecule has 0 aromatic carbocycles. The molecule has 1 aliphatic rings. The minimum absolute atomic E-state index is 0.114. The lowest BCUT2D eigenvalue weighted by Gasteiger charge is -2.28. The van der Waals surface area contributed by atoms with Crippen LogP contribution in [0.25, 0.3) is 0 Å². The molecule has 1 aliphatic heterocycles. The van der Waals surface area contributed by atoms with Crippen molar-refractivity contribution in [2.45, 2.75) is 53.5 Å². The van der Waals surface area contributed by atoms with Gasteiger partial charge < -0.3 is 10.6 Å². The van der Waals surface area contributed by atoms with Gasteiger partial charge in [0.05, 0.1) is 0 Å². The molecule has 1 rings (SSSR count). The molecular formula is C14H28N2O. The SMILES string of the molecule is CCC(C)C(N)CN1CC(C(C)(C)C)CC1=O. The first-order valence-electron chi connectivity index (χ1n) is 6.79. The first-order chi connectivity index (χ1) is 7.75. The van der Waals surface area contributed by atoms with E-state index in [4.69, 9.17) is 5.73 Å². The van der Waals surface area contributed by atoms with Crippen molar-refractivity contribution in [1.82, 2.24) is 4.90 Å². The number of hydrogen-bond acceptors (Lipinski definition) is 2. The van der Waals surface area contributed by atoms with Crippen LogP contribution in [0.15, 0.2) is 0 Å². The van der Waals surface area contributed by atoms with Gasteiger partial charge in [-0.05, 0) is 17.3 Å². The van der Waals surface area contributed by atoms with Crippen LogP contribution in [0, 0.1) is 17.3 Å². The Morgan fingerprint density at radius 1 is 1.47 bits per heavy atom. The molecule has 0 aliphatic carbocycles. The van der Waals surface area contributed by atoms with E-state index in [2.05, 4.69) is 34.6 Å². The molecule has 1 saturated heterocycles. The predicted molar refractivity (Wildman–Crippen MR) is 71.6 cm³/mol. The molecule has 0 saturated carbocycles. The maximum atomic E-state index is 11.9. The minimum atomic E-state index is 0.114. The van der Waals surface area contributed by atoms with E-state index < -0.39 is 0 Å². The average molecular weight is 240 g/mol. The molecule has 0 aromatic rings. The molecular weight excluding hydrogens is 212 g/mol. The Labute approximate surface area is 106 Å². The molecule has 1 heterocycles. The fourth-order valence-electron chi connectivity index (χ4n) is 2.27. The lowest BCUT2D eigenvalue weighted by Crippen LogP contribution is -2.42. The van der Waals surface area contributed by atoms with E-state index in [9.17, 15) is 4.79 Å². The number of nitrogens with two attached hydrogens (primary N) is 1. The zero-order chi connectivity index (χ0) is 13.2. The van der Waals surface area contributed by atoms with E-state index in [0.717, 1.165) is 19.5 Å². The van der Waals surface area contributed by atoms with E-state index in [0.29, 0.717) is 18.3 Å². The molecule has 0 bridgehead atoms. The standard InChI is InChI=1S/C14H28N2O/c1-6-10(2)12(15)9-16-8-11(7-13(16)17)14(3,4)5/h10-12H,6-9,15H2,1-5H3. The van der Waals surface area contributed by atoms with E-state index >= 15 is 0 Å². The van der Waals surface area contributed by atoms with Crippen LogP contribution in [0.2, 0.25) is 0 Å². The molecule has 17 heavy (non-hydrogen) atoms. The van der Waals surface area contributed by atoms with Crippen LogP contribution in [-0.4, -0.2) is 29.9 Å². The molecule has 3 unspecified atom stereocenters. The zero-order valence-corrected chi connectivity index (χ0v) is 12.0. The van der Waals surface area contributed by atoms with Crippen LogP contribution in [0.4, 0.5) is 0 Å². The summed E-state index contributed by atoms with van der Waals surface area (Å²) < 4.78 is 0. The maximum Gasteiger partial charge on any atom is 0.222 e. The number of carbonyl (C=O) groups is 1. The third-order valence-electron chi connectivity index (χ3n) is 4.25. The summed E-state index contributed by atoms with van der Waals surface area (Å²) in [5.74, 6) is 1.24.